The van der Waals surface area contributed by atoms with E-state index in [9.17, 15) is 9.59 Å². The maximum atomic E-state index is 13.5. The Labute approximate surface area is 200 Å². The molecule has 2 aliphatic heterocycles. The van der Waals surface area contributed by atoms with Crippen LogP contribution in [0.1, 0.15) is 17.0 Å². The van der Waals surface area contributed by atoms with Crippen LogP contribution in [0, 0.1) is 0 Å². The van der Waals surface area contributed by atoms with Gasteiger partial charge in [0.05, 0.1) is 24.0 Å². The summed E-state index contributed by atoms with van der Waals surface area (Å²) in [7, 11) is 1.57. The summed E-state index contributed by atoms with van der Waals surface area (Å²) in [6, 6.07) is 19.5. The summed E-state index contributed by atoms with van der Waals surface area (Å²) in [5.74, 6) is 1.10. The highest BCUT2D eigenvalue weighted by Crippen LogP contribution is 2.46. The standard InChI is InChI=1S/C27H21NO7/c1-31-17-9-7-16(8-10-17)28-26(29)25-22(15-6-11-20-21(14-15)33-13-12-32-20)23-24(35-25)18-4-2-3-5-19(18)34-27(23)30/h2-11,14,22,25H,12-13H2,1H3,(H,28,29). The molecule has 8 heteroatoms. The Kier molecular flexibility index (Phi) is 5.06. The second-order valence-corrected chi connectivity index (χ2v) is 8.27. The Hall–Kier alpha value is -4.46. The van der Waals surface area contributed by atoms with Crippen LogP contribution >= 0.6 is 0 Å². The van der Waals surface area contributed by atoms with Crippen molar-refractivity contribution < 1.29 is 28.2 Å². The molecule has 2 unspecified atom stereocenters. The van der Waals surface area contributed by atoms with Crippen LogP contribution in [0.5, 0.6) is 23.0 Å². The van der Waals surface area contributed by atoms with Crippen molar-refractivity contribution in [2.75, 3.05) is 25.6 Å². The molecule has 0 saturated heterocycles. The van der Waals surface area contributed by atoms with Gasteiger partial charge in [0.2, 0.25) is 0 Å². The minimum absolute atomic E-state index is 0.301. The van der Waals surface area contributed by atoms with Gasteiger partial charge in [-0.2, -0.15) is 0 Å². The molecule has 0 spiro atoms. The molecule has 3 heterocycles. The fourth-order valence-electron chi connectivity index (χ4n) is 4.56. The molecule has 0 fully saturated rings. The number of para-hydroxylation sites is 1. The van der Waals surface area contributed by atoms with Crippen LogP contribution in [0.3, 0.4) is 0 Å². The molecule has 8 nitrogen and oxygen atoms in total. The van der Waals surface area contributed by atoms with Gasteiger partial charge >= 0.3 is 5.63 Å². The lowest BCUT2D eigenvalue weighted by molar-refractivity contribution is -0.122. The van der Waals surface area contributed by atoms with E-state index in [2.05, 4.69) is 5.32 Å². The quantitative estimate of drug-likeness (QED) is 0.448. The van der Waals surface area contributed by atoms with Crippen LogP contribution in [0.15, 0.2) is 75.9 Å². The Balaban J connectivity index is 1.45. The number of carbonyl (C=O) groups is 1. The third kappa shape index (κ3) is 3.63. The molecule has 6 rings (SSSR count). The Morgan fingerprint density at radius 1 is 0.971 bits per heavy atom. The van der Waals surface area contributed by atoms with Crippen LogP contribution in [0.25, 0.3) is 11.0 Å². The second-order valence-electron chi connectivity index (χ2n) is 8.27. The Morgan fingerprint density at radius 3 is 2.54 bits per heavy atom. The maximum Gasteiger partial charge on any atom is 0.344 e. The van der Waals surface area contributed by atoms with E-state index in [1.807, 2.05) is 18.2 Å². The maximum absolute atomic E-state index is 13.5. The van der Waals surface area contributed by atoms with Crippen molar-refractivity contribution in [3.8, 4) is 23.0 Å². The highest BCUT2D eigenvalue weighted by atomic mass is 16.6. The number of ether oxygens (including phenoxy) is 4. The lowest BCUT2D eigenvalue weighted by Gasteiger charge is -2.22. The van der Waals surface area contributed by atoms with Gasteiger partial charge in [-0.1, -0.05) is 18.2 Å². The number of nitrogens with one attached hydrogen (secondary N) is 1. The first kappa shape index (κ1) is 21.1. The van der Waals surface area contributed by atoms with Crippen LogP contribution in [-0.2, 0) is 4.79 Å². The number of anilines is 1. The zero-order chi connectivity index (χ0) is 23.9. The number of hydrogen-bond donors (Lipinski definition) is 1. The van der Waals surface area contributed by atoms with Crippen molar-refractivity contribution in [1.29, 1.82) is 0 Å². The van der Waals surface area contributed by atoms with Crippen molar-refractivity contribution in [3.63, 3.8) is 0 Å². The lowest BCUT2D eigenvalue weighted by atomic mass is 9.88. The molecule has 1 N–H and O–H groups in total. The Morgan fingerprint density at radius 2 is 1.74 bits per heavy atom. The van der Waals surface area contributed by atoms with E-state index in [4.69, 9.17) is 23.4 Å². The zero-order valence-electron chi connectivity index (χ0n) is 18.8. The molecule has 0 radical (unpaired) electrons. The van der Waals surface area contributed by atoms with E-state index in [0.29, 0.717) is 64.0 Å². The number of benzene rings is 3. The molecular weight excluding hydrogens is 450 g/mol. The van der Waals surface area contributed by atoms with Crippen LogP contribution in [-0.4, -0.2) is 32.3 Å². The molecule has 0 bridgehead atoms. The Bertz CT molecular complexity index is 1490. The normalized spacial score (nSPS) is 18.0. The minimum Gasteiger partial charge on any atom is -0.497 e. The van der Waals surface area contributed by atoms with Gasteiger partial charge in [0.15, 0.2) is 17.6 Å². The van der Waals surface area contributed by atoms with Crippen LogP contribution < -0.4 is 29.9 Å². The highest BCUT2D eigenvalue weighted by Gasteiger charge is 2.44. The number of carbonyl (C=O) groups excluding carboxylic acids is 1. The molecule has 1 aromatic heterocycles. The summed E-state index contributed by atoms with van der Waals surface area (Å²) >= 11 is 0. The molecule has 176 valence electrons. The summed E-state index contributed by atoms with van der Waals surface area (Å²) in [5, 5.41) is 3.52. The van der Waals surface area contributed by atoms with E-state index in [-0.39, 0.29) is 0 Å². The number of amides is 1. The van der Waals surface area contributed by atoms with E-state index in [0.717, 1.165) is 0 Å². The molecular formula is C27H21NO7. The van der Waals surface area contributed by atoms with Gasteiger partial charge in [-0.25, -0.2) is 4.79 Å². The van der Waals surface area contributed by atoms with Gasteiger partial charge in [-0.15, -0.1) is 0 Å². The number of fused-ring (bicyclic) bond motifs is 4. The molecule has 4 aromatic rings. The monoisotopic (exact) mass is 471 g/mol. The molecule has 2 atom stereocenters. The SMILES string of the molecule is COc1ccc(NC(=O)C2Oc3c(c(=O)oc4ccccc34)C2c2ccc3c(c2)OCCO3)cc1. The van der Waals surface area contributed by atoms with E-state index >= 15 is 0 Å². The van der Waals surface area contributed by atoms with Gasteiger partial charge < -0.3 is 28.7 Å². The summed E-state index contributed by atoms with van der Waals surface area (Å²) in [6.45, 7) is 0.882. The smallest absolute Gasteiger partial charge is 0.344 e. The third-order valence-electron chi connectivity index (χ3n) is 6.20. The fraction of sp³-hybridized carbons (Fsp3) is 0.185. The zero-order valence-corrected chi connectivity index (χ0v) is 18.8. The number of hydrogen-bond acceptors (Lipinski definition) is 7. The lowest BCUT2D eigenvalue weighted by Crippen LogP contribution is -2.35. The molecule has 35 heavy (non-hydrogen) atoms. The largest absolute Gasteiger partial charge is 0.497 e. The van der Waals surface area contributed by atoms with Crippen molar-refractivity contribution in [2.24, 2.45) is 0 Å². The van der Waals surface area contributed by atoms with Crippen molar-refractivity contribution in [1.82, 2.24) is 0 Å². The first-order chi connectivity index (χ1) is 17.1. The van der Waals surface area contributed by atoms with Gasteiger partial charge in [-0.3, -0.25) is 4.79 Å². The molecule has 3 aromatic carbocycles. The van der Waals surface area contributed by atoms with Gasteiger partial charge in [-0.05, 0) is 54.1 Å². The molecule has 0 aliphatic carbocycles. The first-order valence-corrected chi connectivity index (χ1v) is 11.2. The summed E-state index contributed by atoms with van der Waals surface area (Å²) < 4.78 is 28.4. The van der Waals surface area contributed by atoms with Crippen molar-refractivity contribution in [2.45, 2.75) is 12.0 Å². The highest BCUT2D eigenvalue weighted by molar-refractivity contribution is 5.97. The number of rotatable bonds is 4. The van der Waals surface area contributed by atoms with Crippen LogP contribution in [0.2, 0.25) is 0 Å². The molecule has 0 saturated carbocycles. The van der Waals surface area contributed by atoms with E-state index in [1.54, 1.807) is 55.6 Å². The average molecular weight is 471 g/mol. The van der Waals surface area contributed by atoms with Crippen molar-refractivity contribution in [3.05, 3.63) is 88.3 Å². The van der Waals surface area contributed by atoms with E-state index < -0.39 is 23.6 Å². The van der Waals surface area contributed by atoms with Gasteiger partial charge in [0.25, 0.3) is 5.91 Å². The van der Waals surface area contributed by atoms with Gasteiger partial charge in [0.1, 0.15) is 30.3 Å². The summed E-state index contributed by atoms with van der Waals surface area (Å²) in [5.41, 5.74) is 1.42. The molecule has 1 amide bonds. The predicted molar refractivity (Wildman–Crippen MR) is 128 cm³/mol. The molecule has 2 aliphatic rings. The first-order valence-electron chi connectivity index (χ1n) is 11.2. The predicted octanol–water partition coefficient (Wildman–Crippen LogP) is 4.10. The van der Waals surface area contributed by atoms with Gasteiger partial charge in [0, 0.05) is 5.69 Å². The number of methoxy groups -OCH3 is 1. The third-order valence-corrected chi connectivity index (χ3v) is 6.20. The fourth-order valence-corrected chi connectivity index (χ4v) is 4.56. The topological polar surface area (TPSA) is 96.2 Å². The summed E-state index contributed by atoms with van der Waals surface area (Å²) in [4.78, 5) is 26.6. The summed E-state index contributed by atoms with van der Waals surface area (Å²) in [6.07, 6.45) is -1.01. The second kappa shape index (κ2) is 8.39. The minimum atomic E-state index is -1.01. The van der Waals surface area contributed by atoms with Crippen LogP contribution in [0.4, 0.5) is 5.69 Å². The van der Waals surface area contributed by atoms with Crippen molar-refractivity contribution >= 4 is 22.6 Å². The van der Waals surface area contributed by atoms with E-state index in [1.165, 1.54) is 0 Å². The average Bonchev–Trinajstić information content (AvgIpc) is 3.31.